The van der Waals surface area contributed by atoms with Gasteiger partial charge < -0.3 is 4.74 Å². The number of nitrogens with zero attached hydrogens (tertiary/aromatic N) is 2. The highest BCUT2D eigenvalue weighted by Crippen LogP contribution is 2.19. The molecule has 0 spiro atoms. The van der Waals surface area contributed by atoms with Crippen LogP contribution >= 0.6 is 0 Å². The first kappa shape index (κ1) is 13.1. The molecule has 0 aliphatic carbocycles. The van der Waals surface area contributed by atoms with Crippen LogP contribution in [0.25, 0.3) is 0 Å². The normalized spacial score (nSPS) is 14.5. The quantitative estimate of drug-likeness (QED) is 0.811. The molecule has 1 aliphatic rings. The van der Waals surface area contributed by atoms with Gasteiger partial charge in [0.15, 0.2) is 0 Å². The molecule has 1 aliphatic heterocycles. The van der Waals surface area contributed by atoms with Crippen molar-refractivity contribution in [2.45, 2.75) is 32.9 Å². The number of hydrogen-bond acceptors (Lipinski definition) is 4. The highest BCUT2D eigenvalue weighted by atomic mass is 16.6. The van der Waals surface area contributed by atoms with Gasteiger partial charge in [-0.3, -0.25) is 5.32 Å². The fraction of sp³-hybridized carbons (Fsp3) is 0.417. The summed E-state index contributed by atoms with van der Waals surface area (Å²) in [4.78, 5) is 27.4. The average Bonchev–Trinajstić information content (AvgIpc) is 2.27. The maximum absolute atomic E-state index is 11.8. The summed E-state index contributed by atoms with van der Waals surface area (Å²) in [6.45, 7) is 5.50. The standard InChI is InChI=1S/C12H16N4O3/c1-12(2,3)19-11(18)15-16-7-8-5-4-6-13-9(8)14-10(16)17/h4-6H,7H2,1-3H3,(H,15,18)(H,13,14,17). The fourth-order valence-electron chi connectivity index (χ4n) is 1.59. The predicted molar refractivity (Wildman–Crippen MR) is 68.2 cm³/mol. The number of aromatic nitrogens is 1. The van der Waals surface area contributed by atoms with E-state index in [4.69, 9.17) is 4.74 Å². The Balaban J connectivity index is 2.03. The molecule has 7 nitrogen and oxygen atoms in total. The van der Waals surface area contributed by atoms with Gasteiger partial charge in [-0.1, -0.05) is 6.07 Å². The number of hydrogen-bond donors (Lipinski definition) is 2. The zero-order chi connectivity index (χ0) is 14.0. The van der Waals surface area contributed by atoms with Crippen LogP contribution in [-0.2, 0) is 11.3 Å². The molecule has 1 aromatic rings. The predicted octanol–water partition coefficient (Wildman–Crippen LogP) is 1.87. The number of urea groups is 1. The largest absolute Gasteiger partial charge is 0.443 e. The van der Waals surface area contributed by atoms with E-state index < -0.39 is 17.7 Å². The summed E-state index contributed by atoms with van der Waals surface area (Å²) in [5.41, 5.74) is 2.60. The number of ether oxygens (including phenoxy) is 1. The Kier molecular flexibility index (Phi) is 3.28. The fourth-order valence-corrected chi connectivity index (χ4v) is 1.59. The molecule has 0 fully saturated rings. The number of fused-ring (bicyclic) bond motifs is 1. The van der Waals surface area contributed by atoms with Crippen molar-refractivity contribution >= 4 is 17.9 Å². The highest BCUT2D eigenvalue weighted by molar-refractivity contribution is 5.91. The molecule has 0 unspecified atom stereocenters. The van der Waals surface area contributed by atoms with Crippen molar-refractivity contribution in [3.63, 3.8) is 0 Å². The van der Waals surface area contributed by atoms with Crippen molar-refractivity contribution < 1.29 is 14.3 Å². The third-order valence-corrected chi connectivity index (χ3v) is 2.32. The molecule has 0 bridgehead atoms. The molecule has 2 rings (SSSR count). The van der Waals surface area contributed by atoms with E-state index in [0.29, 0.717) is 5.82 Å². The maximum atomic E-state index is 11.8. The Morgan fingerprint density at radius 3 is 2.95 bits per heavy atom. The van der Waals surface area contributed by atoms with Crippen molar-refractivity contribution in [3.05, 3.63) is 23.9 Å². The second kappa shape index (κ2) is 4.75. The molecule has 2 heterocycles. The van der Waals surface area contributed by atoms with Crippen LogP contribution < -0.4 is 10.7 Å². The first-order chi connectivity index (χ1) is 8.85. The number of amides is 3. The lowest BCUT2D eigenvalue weighted by Gasteiger charge is -2.29. The Morgan fingerprint density at radius 2 is 2.26 bits per heavy atom. The van der Waals surface area contributed by atoms with Gasteiger partial charge in [0.1, 0.15) is 11.4 Å². The third kappa shape index (κ3) is 3.34. The lowest BCUT2D eigenvalue weighted by molar-refractivity contribution is 0.0375. The summed E-state index contributed by atoms with van der Waals surface area (Å²) >= 11 is 0. The van der Waals surface area contributed by atoms with Gasteiger partial charge in [0.2, 0.25) is 0 Å². The van der Waals surface area contributed by atoms with Gasteiger partial charge in [-0.15, -0.1) is 0 Å². The van der Waals surface area contributed by atoms with Crippen LogP contribution in [0.2, 0.25) is 0 Å². The SMILES string of the molecule is CC(C)(C)OC(=O)NN1Cc2cccnc2NC1=O. The zero-order valence-corrected chi connectivity index (χ0v) is 11.1. The second-order valence-corrected chi connectivity index (χ2v) is 5.14. The average molecular weight is 264 g/mol. The molecule has 0 radical (unpaired) electrons. The molecule has 7 heteroatoms. The number of rotatable bonds is 1. The monoisotopic (exact) mass is 264 g/mol. The summed E-state index contributed by atoms with van der Waals surface area (Å²) in [5, 5.41) is 3.73. The van der Waals surface area contributed by atoms with Gasteiger partial charge in [0, 0.05) is 11.8 Å². The number of hydrazine groups is 1. The van der Waals surface area contributed by atoms with E-state index in [1.54, 1.807) is 33.0 Å². The minimum absolute atomic E-state index is 0.244. The Labute approximate surface area is 110 Å². The topological polar surface area (TPSA) is 83.6 Å². The maximum Gasteiger partial charge on any atom is 0.426 e. The Morgan fingerprint density at radius 1 is 1.53 bits per heavy atom. The van der Waals surface area contributed by atoms with Crippen molar-refractivity contribution in [3.8, 4) is 0 Å². The Bertz CT molecular complexity index is 510. The van der Waals surface area contributed by atoms with Crippen LogP contribution in [0.15, 0.2) is 18.3 Å². The van der Waals surface area contributed by atoms with Gasteiger partial charge in [0.25, 0.3) is 0 Å². The minimum atomic E-state index is -0.671. The first-order valence-electron chi connectivity index (χ1n) is 5.87. The van der Waals surface area contributed by atoms with Gasteiger partial charge in [-0.25, -0.2) is 25.0 Å². The van der Waals surface area contributed by atoms with Gasteiger partial charge in [-0.05, 0) is 26.8 Å². The second-order valence-electron chi connectivity index (χ2n) is 5.14. The minimum Gasteiger partial charge on any atom is -0.443 e. The van der Waals surface area contributed by atoms with E-state index in [9.17, 15) is 9.59 Å². The van der Waals surface area contributed by atoms with E-state index in [0.717, 1.165) is 10.6 Å². The summed E-state index contributed by atoms with van der Waals surface area (Å²) in [7, 11) is 0. The van der Waals surface area contributed by atoms with Gasteiger partial charge in [0.05, 0.1) is 6.54 Å². The number of pyridine rings is 1. The lowest BCUT2D eigenvalue weighted by Crippen LogP contribution is -2.51. The number of carbonyl (C=O) groups excluding carboxylic acids is 2. The van der Waals surface area contributed by atoms with Gasteiger partial charge >= 0.3 is 12.1 Å². The molecular formula is C12H16N4O3. The van der Waals surface area contributed by atoms with Crippen molar-refractivity contribution in [1.29, 1.82) is 0 Å². The van der Waals surface area contributed by atoms with Crippen LogP contribution in [0.3, 0.4) is 0 Å². The van der Waals surface area contributed by atoms with Crippen LogP contribution in [0, 0.1) is 0 Å². The number of anilines is 1. The molecule has 0 saturated heterocycles. The van der Waals surface area contributed by atoms with E-state index >= 15 is 0 Å². The van der Waals surface area contributed by atoms with E-state index in [2.05, 4.69) is 15.7 Å². The summed E-state index contributed by atoms with van der Waals surface area (Å²) in [6.07, 6.45) is 0.922. The first-order valence-corrected chi connectivity index (χ1v) is 5.87. The summed E-state index contributed by atoms with van der Waals surface area (Å²) < 4.78 is 5.09. The Hall–Kier alpha value is -2.31. The zero-order valence-electron chi connectivity index (χ0n) is 11.1. The molecule has 0 saturated carbocycles. The molecule has 2 N–H and O–H groups in total. The molecule has 3 amide bonds. The number of nitrogens with one attached hydrogen (secondary N) is 2. The summed E-state index contributed by atoms with van der Waals surface area (Å²) in [6, 6.07) is 3.14. The molecule has 19 heavy (non-hydrogen) atoms. The van der Waals surface area contributed by atoms with Crippen molar-refractivity contribution in [2.75, 3.05) is 5.32 Å². The smallest absolute Gasteiger partial charge is 0.426 e. The van der Waals surface area contributed by atoms with Gasteiger partial charge in [-0.2, -0.15) is 0 Å². The van der Waals surface area contributed by atoms with Crippen LogP contribution in [-0.4, -0.2) is 27.7 Å². The summed E-state index contributed by atoms with van der Waals surface area (Å²) in [5.74, 6) is 0.509. The van der Waals surface area contributed by atoms with Crippen LogP contribution in [0.5, 0.6) is 0 Å². The van der Waals surface area contributed by atoms with Crippen LogP contribution in [0.1, 0.15) is 26.3 Å². The molecule has 0 aromatic carbocycles. The molecule has 102 valence electrons. The van der Waals surface area contributed by atoms with Crippen molar-refractivity contribution in [1.82, 2.24) is 15.4 Å². The van der Waals surface area contributed by atoms with Crippen molar-refractivity contribution in [2.24, 2.45) is 0 Å². The lowest BCUT2D eigenvalue weighted by atomic mass is 10.2. The molecule has 1 aromatic heterocycles. The highest BCUT2D eigenvalue weighted by Gasteiger charge is 2.26. The van der Waals surface area contributed by atoms with E-state index in [-0.39, 0.29) is 6.54 Å². The van der Waals surface area contributed by atoms with E-state index in [1.807, 2.05) is 6.07 Å². The number of carbonyl (C=O) groups is 2. The third-order valence-electron chi connectivity index (χ3n) is 2.32. The van der Waals surface area contributed by atoms with E-state index in [1.165, 1.54) is 0 Å². The molecule has 0 atom stereocenters. The molecular weight excluding hydrogens is 248 g/mol. The van der Waals surface area contributed by atoms with Crippen LogP contribution in [0.4, 0.5) is 15.4 Å².